The number of imidazole rings is 1. The Bertz CT molecular complexity index is 1440. The van der Waals surface area contributed by atoms with Gasteiger partial charge in [0, 0.05) is 18.7 Å². The second-order valence-corrected chi connectivity index (χ2v) is 9.63. The monoisotopic (exact) mass is 465 g/mol. The van der Waals surface area contributed by atoms with E-state index >= 15 is 0 Å². The predicted octanol–water partition coefficient (Wildman–Crippen LogP) is 3.60. The summed E-state index contributed by atoms with van der Waals surface area (Å²) in [7, 11) is -3.99. The van der Waals surface area contributed by atoms with Gasteiger partial charge in [0.15, 0.2) is 0 Å². The number of carbonyl (C=O) groups is 1. The van der Waals surface area contributed by atoms with Crippen molar-refractivity contribution in [3.63, 3.8) is 0 Å². The van der Waals surface area contributed by atoms with Gasteiger partial charge in [-0.1, -0.05) is 12.1 Å². The zero-order valence-electron chi connectivity index (χ0n) is 17.5. The SMILES string of the molecule is O=C(Nc1ccc(-n2cnc3ccccc32)nc1)c1ccc(F)c(S(=O)(=O)N2CCCC2)c1. The number of nitrogens with one attached hydrogen (secondary N) is 1. The molecule has 3 heterocycles. The third-order valence-corrected chi connectivity index (χ3v) is 7.50. The Hall–Kier alpha value is -3.63. The summed E-state index contributed by atoms with van der Waals surface area (Å²) in [5.74, 6) is -0.810. The van der Waals surface area contributed by atoms with Crippen LogP contribution in [0.1, 0.15) is 23.2 Å². The molecule has 0 unspecified atom stereocenters. The van der Waals surface area contributed by atoms with E-state index in [1.807, 2.05) is 28.8 Å². The second kappa shape index (κ2) is 8.38. The zero-order valence-corrected chi connectivity index (χ0v) is 18.3. The van der Waals surface area contributed by atoms with Crippen molar-refractivity contribution in [1.29, 1.82) is 0 Å². The molecule has 33 heavy (non-hydrogen) atoms. The molecule has 0 radical (unpaired) electrons. The summed E-state index contributed by atoms with van der Waals surface area (Å²) in [6.45, 7) is 0.699. The van der Waals surface area contributed by atoms with Gasteiger partial charge in [-0.3, -0.25) is 9.36 Å². The molecule has 1 aliphatic rings. The van der Waals surface area contributed by atoms with Crippen LogP contribution < -0.4 is 5.32 Å². The minimum absolute atomic E-state index is 0.0406. The molecule has 0 saturated carbocycles. The largest absolute Gasteiger partial charge is 0.321 e. The van der Waals surface area contributed by atoms with Crippen LogP contribution in [0, 0.1) is 5.82 Å². The number of pyridine rings is 1. The van der Waals surface area contributed by atoms with E-state index in [0.717, 1.165) is 36.0 Å². The number of para-hydroxylation sites is 2. The van der Waals surface area contributed by atoms with Gasteiger partial charge >= 0.3 is 0 Å². The summed E-state index contributed by atoms with van der Waals surface area (Å²) >= 11 is 0. The molecule has 2 aromatic carbocycles. The minimum Gasteiger partial charge on any atom is -0.321 e. The molecular formula is C23H20FN5O3S. The lowest BCUT2D eigenvalue weighted by Crippen LogP contribution is -2.29. The van der Waals surface area contributed by atoms with Gasteiger partial charge in [-0.25, -0.2) is 22.8 Å². The molecule has 1 N–H and O–H groups in total. The first-order chi connectivity index (χ1) is 15.9. The maximum atomic E-state index is 14.3. The van der Waals surface area contributed by atoms with E-state index in [0.29, 0.717) is 24.6 Å². The molecule has 168 valence electrons. The smallest absolute Gasteiger partial charge is 0.255 e. The summed E-state index contributed by atoms with van der Waals surface area (Å²) in [4.78, 5) is 21.0. The fraction of sp³-hybridized carbons (Fsp3) is 0.174. The van der Waals surface area contributed by atoms with E-state index in [1.165, 1.54) is 16.6 Å². The topological polar surface area (TPSA) is 97.2 Å². The zero-order chi connectivity index (χ0) is 23.0. The van der Waals surface area contributed by atoms with E-state index in [9.17, 15) is 17.6 Å². The predicted molar refractivity (Wildman–Crippen MR) is 121 cm³/mol. The van der Waals surface area contributed by atoms with Crippen LogP contribution in [0.4, 0.5) is 10.1 Å². The van der Waals surface area contributed by atoms with Crippen molar-refractivity contribution in [1.82, 2.24) is 18.8 Å². The molecular weight excluding hydrogens is 445 g/mol. The van der Waals surface area contributed by atoms with Crippen LogP contribution in [-0.4, -0.2) is 46.3 Å². The average molecular weight is 466 g/mol. The highest BCUT2D eigenvalue weighted by molar-refractivity contribution is 7.89. The minimum atomic E-state index is -3.99. The second-order valence-electron chi connectivity index (χ2n) is 7.72. The van der Waals surface area contributed by atoms with Crippen LogP contribution in [0.15, 0.2) is 72.0 Å². The molecule has 1 fully saturated rings. The number of sulfonamides is 1. The number of anilines is 1. The van der Waals surface area contributed by atoms with Gasteiger partial charge in [0.05, 0.1) is 22.9 Å². The Morgan fingerprint density at radius 3 is 2.55 bits per heavy atom. The third-order valence-electron chi connectivity index (χ3n) is 5.58. The summed E-state index contributed by atoms with van der Waals surface area (Å²) < 4.78 is 43.0. The Kier molecular flexibility index (Phi) is 5.39. The van der Waals surface area contributed by atoms with E-state index in [2.05, 4.69) is 15.3 Å². The standard InChI is InChI=1S/C23H20FN5O3S/c24-18-9-7-16(13-21(18)33(31,32)28-11-3-4-12-28)23(30)27-17-8-10-22(25-14-17)29-15-26-19-5-1-2-6-20(19)29/h1-2,5-10,13-15H,3-4,11-12H2,(H,27,30). The van der Waals surface area contributed by atoms with Gasteiger partial charge in [0.25, 0.3) is 5.91 Å². The molecule has 0 spiro atoms. The Morgan fingerprint density at radius 1 is 1.00 bits per heavy atom. The van der Waals surface area contributed by atoms with Crippen LogP contribution in [-0.2, 0) is 10.0 Å². The van der Waals surface area contributed by atoms with Crippen LogP contribution in [0.5, 0.6) is 0 Å². The van der Waals surface area contributed by atoms with E-state index in [4.69, 9.17) is 0 Å². The van der Waals surface area contributed by atoms with Crippen LogP contribution in [0.25, 0.3) is 16.9 Å². The number of aromatic nitrogens is 3. The lowest BCUT2D eigenvalue weighted by molar-refractivity contribution is 0.102. The molecule has 5 rings (SSSR count). The number of carbonyl (C=O) groups excluding carboxylic acids is 1. The first kappa shape index (κ1) is 21.2. The molecule has 8 nitrogen and oxygen atoms in total. The van der Waals surface area contributed by atoms with Gasteiger partial charge in [-0.15, -0.1) is 0 Å². The number of rotatable bonds is 5. The van der Waals surface area contributed by atoms with Crippen LogP contribution >= 0.6 is 0 Å². The molecule has 4 aromatic rings. The fourth-order valence-electron chi connectivity index (χ4n) is 3.86. The number of halogens is 1. The third kappa shape index (κ3) is 3.98. The van der Waals surface area contributed by atoms with Crippen molar-refractivity contribution in [2.75, 3.05) is 18.4 Å². The molecule has 1 amide bonds. The highest BCUT2D eigenvalue weighted by Gasteiger charge is 2.30. The van der Waals surface area contributed by atoms with Gasteiger partial charge in [-0.2, -0.15) is 4.31 Å². The molecule has 10 heteroatoms. The van der Waals surface area contributed by atoms with Crippen molar-refractivity contribution < 1.29 is 17.6 Å². The average Bonchev–Trinajstić information content (AvgIpc) is 3.51. The Balaban J connectivity index is 1.37. The van der Waals surface area contributed by atoms with Crippen molar-refractivity contribution in [3.05, 3.63) is 78.5 Å². The summed E-state index contributed by atoms with van der Waals surface area (Å²) in [5.41, 5.74) is 2.20. The number of hydrogen-bond donors (Lipinski definition) is 1. The van der Waals surface area contributed by atoms with E-state index in [1.54, 1.807) is 18.5 Å². The summed E-state index contributed by atoms with van der Waals surface area (Å²) in [5, 5.41) is 2.68. The molecule has 1 aliphatic heterocycles. The Morgan fingerprint density at radius 2 is 1.79 bits per heavy atom. The number of benzene rings is 2. The molecule has 0 bridgehead atoms. The van der Waals surface area contributed by atoms with E-state index in [-0.39, 0.29) is 5.56 Å². The van der Waals surface area contributed by atoms with Gasteiger partial charge in [0.2, 0.25) is 10.0 Å². The van der Waals surface area contributed by atoms with Gasteiger partial charge < -0.3 is 5.32 Å². The van der Waals surface area contributed by atoms with Crippen molar-refractivity contribution >= 4 is 32.7 Å². The molecule has 0 atom stereocenters. The van der Waals surface area contributed by atoms with Gasteiger partial charge in [-0.05, 0) is 55.3 Å². The highest BCUT2D eigenvalue weighted by atomic mass is 32.2. The molecule has 0 aliphatic carbocycles. The fourth-order valence-corrected chi connectivity index (χ4v) is 5.46. The van der Waals surface area contributed by atoms with Crippen molar-refractivity contribution in [2.24, 2.45) is 0 Å². The Labute approximate surface area is 189 Å². The summed E-state index contributed by atoms with van der Waals surface area (Å²) in [6, 6.07) is 14.4. The first-order valence-electron chi connectivity index (χ1n) is 10.4. The quantitative estimate of drug-likeness (QED) is 0.486. The molecule has 1 saturated heterocycles. The maximum Gasteiger partial charge on any atom is 0.255 e. The summed E-state index contributed by atoms with van der Waals surface area (Å²) in [6.07, 6.45) is 4.64. The molecule has 2 aromatic heterocycles. The van der Waals surface area contributed by atoms with Crippen molar-refractivity contribution in [3.8, 4) is 5.82 Å². The number of fused-ring (bicyclic) bond motifs is 1. The first-order valence-corrected chi connectivity index (χ1v) is 11.9. The normalized spacial score (nSPS) is 14.6. The number of amides is 1. The number of nitrogens with zero attached hydrogens (tertiary/aromatic N) is 4. The van der Waals surface area contributed by atoms with Gasteiger partial charge in [0.1, 0.15) is 22.9 Å². The van der Waals surface area contributed by atoms with Crippen LogP contribution in [0.2, 0.25) is 0 Å². The lowest BCUT2D eigenvalue weighted by atomic mass is 10.2. The lowest BCUT2D eigenvalue weighted by Gasteiger charge is -2.16. The number of hydrogen-bond acceptors (Lipinski definition) is 5. The maximum absolute atomic E-state index is 14.3. The highest BCUT2D eigenvalue weighted by Crippen LogP contribution is 2.25. The van der Waals surface area contributed by atoms with Crippen LogP contribution in [0.3, 0.4) is 0 Å². The van der Waals surface area contributed by atoms with E-state index < -0.39 is 26.6 Å². The van der Waals surface area contributed by atoms with Crippen molar-refractivity contribution in [2.45, 2.75) is 17.7 Å².